The monoisotopic (exact) mass is 479 g/mol. The minimum absolute atomic E-state index is 0.277. The second-order valence-corrected chi connectivity index (χ2v) is 14.4. The number of pyridine rings is 1. The molecule has 8 nitrogen and oxygen atoms in total. The number of benzene rings is 1. The summed E-state index contributed by atoms with van der Waals surface area (Å²) in [7, 11) is -3.36. The first kappa shape index (κ1) is 23.3. The molecule has 2 N–H and O–H groups in total. The number of hydrogen-bond acceptors (Lipinski definition) is 8. The van der Waals surface area contributed by atoms with Crippen molar-refractivity contribution in [2.75, 3.05) is 44.4 Å². The zero-order chi connectivity index (χ0) is 22.8. The van der Waals surface area contributed by atoms with Gasteiger partial charge in [-0.2, -0.15) is 4.98 Å². The van der Waals surface area contributed by atoms with Crippen LogP contribution < -0.4 is 26.1 Å². The molecule has 0 unspecified atom stereocenters. The molecule has 0 spiro atoms. The van der Waals surface area contributed by atoms with Crippen molar-refractivity contribution in [1.82, 2.24) is 15.0 Å². The highest BCUT2D eigenvalue weighted by Gasteiger charge is 2.17. The standard InChI is InChI=1S/C20H24ClN5O3P2/c1-29-19-16(10-11-17(25-19)31(4,5)28)24-20-22-12-15(21)18(26-20)23-13-6-8-14(9-7-13)30(2,3)27/h6-12H,1-5H3,(H2,22,23,24,26). The molecule has 3 aromatic rings. The largest absolute Gasteiger partial charge is 0.479 e. The highest BCUT2D eigenvalue weighted by atomic mass is 35.5. The summed E-state index contributed by atoms with van der Waals surface area (Å²) >= 11 is 6.25. The molecule has 1 aromatic carbocycles. The van der Waals surface area contributed by atoms with E-state index in [-0.39, 0.29) is 11.8 Å². The summed E-state index contributed by atoms with van der Waals surface area (Å²) in [6, 6.07) is 10.7. The van der Waals surface area contributed by atoms with Gasteiger partial charge in [0.2, 0.25) is 11.8 Å². The maximum Gasteiger partial charge on any atom is 0.238 e. The number of nitrogens with one attached hydrogen (secondary N) is 2. The zero-order valence-corrected chi connectivity index (χ0v) is 20.4. The van der Waals surface area contributed by atoms with Crippen LogP contribution in [0.3, 0.4) is 0 Å². The molecule has 31 heavy (non-hydrogen) atoms. The molecule has 0 fully saturated rings. The van der Waals surface area contributed by atoms with E-state index < -0.39 is 14.3 Å². The van der Waals surface area contributed by atoms with Gasteiger partial charge in [-0.1, -0.05) is 11.6 Å². The number of rotatable bonds is 7. The molecule has 3 rings (SSSR count). The summed E-state index contributed by atoms with van der Waals surface area (Å²) in [6.45, 7) is 6.75. The van der Waals surface area contributed by atoms with Gasteiger partial charge in [0.15, 0.2) is 5.82 Å². The molecule has 0 aliphatic heterocycles. The van der Waals surface area contributed by atoms with Gasteiger partial charge in [-0.15, -0.1) is 0 Å². The van der Waals surface area contributed by atoms with Gasteiger partial charge in [-0.3, -0.25) is 0 Å². The van der Waals surface area contributed by atoms with Gasteiger partial charge in [0.25, 0.3) is 0 Å². The van der Waals surface area contributed by atoms with Crippen molar-refractivity contribution in [1.29, 1.82) is 0 Å². The second kappa shape index (κ2) is 8.99. The van der Waals surface area contributed by atoms with Crippen LogP contribution in [0.25, 0.3) is 0 Å². The quantitative estimate of drug-likeness (QED) is 0.476. The van der Waals surface area contributed by atoms with Gasteiger partial charge in [-0.05, 0) is 63.1 Å². The number of ether oxygens (including phenoxy) is 1. The lowest BCUT2D eigenvalue weighted by Crippen LogP contribution is -2.11. The molecule has 11 heteroatoms. The first-order valence-electron chi connectivity index (χ1n) is 9.30. The van der Waals surface area contributed by atoms with E-state index in [0.717, 1.165) is 11.0 Å². The third kappa shape index (κ3) is 5.85. The Bertz CT molecular complexity index is 1190. The van der Waals surface area contributed by atoms with Crippen molar-refractivity contribution in [3.05, 3.63) is 47.6 Å². The van der Waals surface area contributed by atoms with Gasteiger partial charge >= 0.3 is 0 Å². The molecular weight excluding hydrogens is 456 g/mol. The van der Waals surface area contributed by atoms with Crippen molar-refractivity contribution < 1.29 is 13.9 Å². The van der Waals surface area contributed by atoms with Gasteiger partial charge in [0.1, 0.15) is 30.4 Å². The van der Waals surface area contributed by atoms with Crippen LogP contribution in [-0.4, -0.2) is 48.7 Å². The van der Waals surface area contributed by atoms with E-state index in [2.05, 4.69) is 25.6 Å². The molecule has 0 bridgehead atoms. The highest BCUT2D eigenvalue weighted by Crippen LogP contribution is 2.36. The Labute approximate surface area is 186 Å². The Morgan fingerprint density at radius 1 is 0.903 bits per heavy atom. The summed E-state index contributed by atoms with van der Waals surface area (Å²) < 4.78 is 29.8. The Morgan fingerprint density at radius 3 is 2.16 bits per heavy atom. The van der Waals surface area contributed by atoms with Crippen LogP contribution in [0, 0.1) is 0 Å². The zero-order valence-electron chi connectivity index (χ0n) is 17.9. The number of aromatic nitrogens is 3. The molecule has 164 valence electrons. The SMILES string of the molecule is COc1nc(P(C)(C)=O)ccc1Nc1ncc(Cl)c(Nc2ccc(P(C)(C)=O)cc2)n1. The second-order valence-electron chi connectivity index (χ2n) is 7.62. The minimum Gasteiger partial charge on any atom is -0.479 e. The number of nitrogens with zero attached hydrogens (tertiary/aromatic N) is 3. The number of anilines is 4. The summed E-state index contributed by atoms with van der Waals surface area (Å²) in [5, 5.41) is 7.32. The molecule has 0 atom stereocenters. The van der Waals surface area contributed by atoms with E-state index in [1.807, 2.05) is 24.3 Å². The molecule has 0 aliphatic carbocycles. The van der Waals surface area contributed by atoms with E-state index in [9.17, 15) is 9.13 Å². The van der Waals surface area contributed by atoms with Crippen molar-refractivity contribution in [3.8, 4) is 5.88 Å². The van der Waals surface area contributed by atoms with Crippen molar-refractivity contribution >= 4 is 59.8 Å². The first-order valence-corrected chi connectivity index (χ1v) is 14.9. The number of halogens is 1. The summed E-state index contributed by atoms with van der Waals surface area (Å²) in [6.07, 6.45) is 1.47. The lowest BCUT2D eigenvalue weighted by atomic mass is 10.3. The number of methoxy groups -OCH3 is 1. The lowest BCUT2D eigenvalue weighted by molar-refractivity contribution is 0.401. The van der Waals surface area contributed by atoms with E-state index in [4.69, 9.17) is 16.3 Å². The van der Waals surface area contributed by atoms with E-state index >= 15 is 0 Å². The topological polar surface area (TPSA) is 106 Å². The van der Waals surface area contributed by atoms with E-state index in [0.29, 0.717) is 22.0 Å². The lowest BCUT2D eigenvalue weighted by Gasteiger charge is -2.14. The average Bonchev–Trinajstić information content (AvgIpc) is 2.69. The van der Waals surface area contributed by atoms with E-state index in [1.54, 1.807) is 38.8 Å². The summed E-state index contributed by atoms with van der Waals surface area (Å²) in [4.78, 5) is 12.9. The smallest absolute Gasteiger partial charge is 0.238 e. The van der Waals surface area contributed by atoms with Crippen LogP contribution >= 0.6 is 25.9 Å². The van der Waals surface area contributed by atoms with Crippen LogP contribution in [0.5, 0.6) is 5.88 Å². The predicted molar refractivity (Wildman–Crippen MR) is 129 cm³/mol. The number of hydrogen-bond donors (Lipinski definition) is 2. The molecule has 0 aliphatic rings. The van der Waals surface area contributed by atoms with Gasteiger partial charge in [0.05, 0.1) is 13.3 Å². The summed E-state index contributed by atoms with van der Waals surface area (Å²) in [5.41, 5.74) is 1.74. The molecule has 0 saturated carbocycles. The first-order chi connectivity index (χ1) is 14.5. The fourth-order valence-corrected chi connectivity index (χ4v) is 4.43. The fourth-order valence-electron chi connectivity index (χ4n) is 2.66. The van der Waals surface area contributed by atoms with Crippen LogP contribution in [-0.2, 0) is 9.13 Å². The van der Waals surface area contributed by atoms with Gasteiger partial charge in [-0.25, -0.2) is 9.97 Å². The predicted octanol–water partition coefficient (Wildman–Crippen LogP) is 4.52. The highest BCUT2D eigenvalue weighted by molar-refractivity contribution is 7.70. The fraction of sp³-hybridized carbons (Fsp3) is 0.250. The Morgan fingerprint density at radius 2 is 1.58 bits per heavy atom. The molecule has 0 saturated heterocycles. The van der Waals surface area contributed by atoms with Crippen LogP contribution in [0.15, 0.2) is 42.6 Å². The Kier molecular flexibility index (Phi) is 6.75. The van der Waals surface area contributed by atoms with E-state index in [1.165, 1.54) is 13.3 Å². The van der Waals surface area contributed by atoms with Crippen molar-refractivity contribution in [3.63, 3.8) is 0 Å². The van der Waals surface area contributed by atoms with Crippen LogP contribution in [0.1, 0.15) is 0 Å². The van der Waals surface area contributed by atoms with Crippen LogP contribution in [0.4, 0.5) is 23.1 Å². The minimum atomic E-state index is -2.52. The molecular formula is C20H24ClN5O3P2. The average molecular weight is 480 g/mol. The van der Waals surface area contributed by atoms with Crippen LogP contribution in [0.2, 0.25) is 5.02 Å². The third-order valence-electron chi connectivity index (χ3n) is 4.33. The van der Waals surface area contributed by atoms with Gasteiger partial charge < -0.3 is 24.5 Å². The maximum atomic E-state index is 12.3. The maximum absolute atomic E-state index is 12.3. The molecule has 2 heterocycles. The molecule has 0 radical (unpaired) electrons. The normalized spacial score (nSPS) is 11.8. The molecule has 0 amide bonds. The molecule has 2 aromatic heterocycles. The van der Waals surface area contributed by atoms with Gasteiger partial charge in [0, 0.05) is 11.0 Å². The Hall–Kier alpha value is -2.40. The van der Waals surface area contributed by atoms with Crippen molar-refractivity contribution in [2.45, 2.75) is 0 Å². The third-order valence-corrected chi connectivity index (χ3v) is 7.50. The van der Waals surface area contributed by atoms with Crippen molar-refractivity contribution in [2.24, 2.45) is 0 Å². The summed E-state index contributed by atoms with van der Waals surface area (Å²) in [5.74, 6) is 0.964. The Balaban J connectivity index is 1.85.